The molecule has 0 unspecified atom stereocenters. The summed E-state index contributed by atoms with van der Waals surface area (Å²) >= 11 is 0. The summed E-state index contributed by atoms with van der Waals surface area (Å²) in [4.78, 5) is 17.9. The number of aromatic nitrogens is 1. The quantitative estimate of drug-likeness (QED) is 0.443. The van der Waals surface area contributed by atoms with Crippen LogP contribution >= 0.6 is 0 Å². The number of nitrogens with one attached hydrogen (secondary N) is 1. The SMILES string of the molecule is CCc1c(-c2ccc(OC)c(OC)c2)[nH]c2cc(C)c(C3=CCN(C(=O)OC(C)(C)C)CC3)cc12. The predicted octanol–water partition coefficient (Wildman–Crippen LogP) is 6.75. The number of aromatic amines is 1. The highest BCUT2D eigenvalue weighted by atomic mass is 16.6. The smallest absolute Gasteiger partial charge is 0.410 e. The average Bonchev–Trinajstić information content (AvgIpc) is 3.19. The van der Waals surface area contributed by atoms with Gasteiger partial charge in [-0.1, -0.05) is 13.0 Å². The molecule has 0 saturated heterocycles. The second kappa shape index (κ2) is 9.68. The Morgan fingerprint density at radius 1 is 1.09 bits per heavy atom. The molecule has 2 heterocycles. The van der Waals surface area contributed by atoms with Crippen LogP contribution < -0.4 is 9.47 Å². The number of rotatable bonds is 5. The summed E-state index contributed by atoms with van der Waals surface area (Å²) in [5.74, 6) is 1.43. The highest BCUT2D eigenvalue weighted by molar-refractivity contribution is 5.94. The fourth-order valence-corrected chi connectivity index (χ4v) is 4.76. The van der Waals surface area contributed by atoms with Crippen molar-refractivity contribution in [3.63, 3.8) is 0 Å². The standard InChI is InChI=1S/C29H36N2O4/c1-8-21-23-17-22(19-11-13-31(14-12-19)28(32)35-29(3,4)5)18(2)15-24(23)30-27(21)20-9-10-25(33-6)26(16-20)34-7/h9-11,15-17,30H,8,12-14H2,1-7H3. The van der Waals surface area contributed by atoms with E-state index in [1.807, 2.05) is 32.9 Å². The Labute approximate surface area is 207 Å². The minimum atomic E-state index is -0.487. The number of carbonyl (C=O) groups excluding carboxylic acids is 1. The fraction of sp³-hybridized carbons (Fsp3) is 0.414. The normalized spacial score (nSPS) is 14.1. The molecule has 0 bridgehead atoms. The zero-order chi connectivity index (χ0) is 25.3. The maximum atomic E-state index is 12.5. The molecule has 186 valence electrons. The Balaban J connectivity index is 1.69. The number of benzene rings is 2. The monoisotopic (exact) mass is 476 g/mol. The third kappa shape index (κ3) is 5.02. The largest absolute Gasteiger partial charge is 0.493 e. The van der Waals surface area contributed by atoms with E-state index < -0.39 is 5.60 Å². The lowest BCUT2D eigenvalue weighted by molar-refractivity contribution is 0.0270. The van der Waals surface area contributed by atoms with Gasteiger partial charge in [-0.25, -0.2) is 4.79 Å². The predicted molar refractivity (Wildman–Crippen MR) is 141 cm³/mol. The van der Waals surface area contributed by atoms with E-state index in [2.05, 4.69) is 43.1 Å². The molecule has 1 amide bonds. The maximum absolute atomic E-state index is 12.5. The molecule has 1 aliphatic heterocycles. The number of aryl methyl sites for hydroxylation is 2. The molecule has 1 aromatic heterocycles. The molecule has 6 heteroatoms. The highest BCUT2D eigenvalue weighted by Gasteiger charge is 2.25. The van der Waals surface area contributed by atoms with Crippen LogP contribution in [0.2, 0.25) is 0 Å². The van der Waals surface area contributed by atoms with Crippen molar-refractivity contribution in [3.8, 4) is 22.8 Å². The van der Waals surface area contributed by atoms with Crippen molar-refractivity contribution in [1.82, 2.24) is 9.88 Å². The summed E-state index contributed by atoms with van der Waals surface area (Å²) in [5, 5.41) is 1.23. The number of carbonyl (C=O) groups is 1. The van der Waals surface area contributed by atoms with E-state index in [0.717, 1.165) is 29.6 Å². The molecule has 35 heavy (non-hydrogen) atoms. The van der Waals surface area contributed by atoms with Crippen LogP contribution in [0.4, 0.5) is 4.79 Å². The van der Waals surface area contributed by atoms with Crippen molar-refractivity contribution in [2.45, 2.75) is 53.1 Å². The van der Waals surface area contributed by atoms with Gasteiger partial charge in [-0.3, -0.25) is 0 Å². The van der Waals surface area contributed by atoms with Crippen LogP contribution in [-0.4, -0.2) is 48.9 Å². The molecular formula is C29H36N2O4. The lowest BCUT2D eigenvalue weighted by Gasteiger charge is -2.30. The molecule has 0 atom stereocenters. The molecule has 0 saturated carbocycles. The minimum absolute atomic E-state index is 0.251. The number of methoxy groups -OCH3 is 2. The second-order valence-corrected chi connectivity index (χ2v) is 10.0. The van der Waals surface area contributed by atoms with Crippen LogP contribution in [0.5, 0.6) is 11.5 Å². The van der Waals surface area contributed by atoms with Crippen molar-refractivity contribution in [2.24, 2.45) is 0 Å². The van der Waals surface area contributed by atoms with Crippen LogP contribution in [0.25, 0.3) is 27.7 Å². The Kier molecular flexibility index (Phi) is 6.84. The van der Waals surface area contributed by atoms with Crippen LogP contribution in [-0.2, 0) is 11.2 Å². The Morgan fingerprint density at radius 2 is 1.83 bits per heavy atom. The summed E-state index contributed by atoms with van der Waals surface area (Å²) < 4.78 is 16.5. The topological polar surface area (TPSA) is 63.8 Å². The van der Waals surface area contributed by atoms with Crippen molar-refractivity contribution in [2.75, 3.05) is 27.3 Å². The minimum Gasteiger partial charge on any atom is -0.493 e. The molecular weight excluding hydrogens is 440 g/mol. The molecule has 1 aliphatic rings. The van der Waals surface area contributed by atoms with Gasteiger partial charge in [-0.15, -0.1) is 0 Å². The first-order chi connectivity index (χ1) is 16.6. The number of hydrogen-bond donors (Lipinski definition) is 1. The maximum Gasteiger partial charge on any atom is 0.410 e. The Bertz CT molecular complexity index is 1280. The lowest BCUT2D eigenvalue weighted by atomic mass is 9.93. The molecule has 0 fully saturated rings. The van der Waals surface area contributed by atoms with Gasteiger partial charge >= 0.3 is 6.09 Å². The van der Waals surface area contributed by atoms with Crippen molar-refractivity contribution in [1.29, 1.82) is 0 Å². The number of H-pyrrole nitrogens is 1. The van der Waals surface area contributed by atoms with Gasteiger partial charge in [0.15, 0.2) is 11.5 Å². The van der Waals surface area contributed by atoms with Gasteiger partial charge in [-0.05, 0) is 93.1 Å². The van der Waals surface area contributed by atoms with E-state index in [1.165, 1.54) is 27.6 Å². The first kappa shape index (κ1) is 24.7. The van der Waals surface area contributed by atoms with Crippen molar-refractivity contribution >= 4 is 22.6 Å². The first-order valence-electron chi connectivity index (χ1n) is 12.2. The van der Waals surface area contributed by atoms with E-state index in [9.17, 15) is 4.79 Å². The molecule has 0 radical (unpaired) electrons. The molecule has 6 nitrogen and oxygen atoms in total. The zero-order valence-electron chi connectivity index (χ0n) is 21.9. The van der Waals surface area contributed by atoms with Gasteiger partial charge in [0, 0.05) is 35.2 Å². The van der Waals surface area contributed by atoms with E-state index in [1.54, 1.807) is 19.1 Å². The lowest BCUT2D eigenvalue weighted by Crippen LogP contribution is -2.39. The van der Waals surface area contributed by atoms with Gasteiger partial charge in [-0.2, -0.15) is 0 Å². The average molecular weight is 477 g/mol. The second-order valence-electron chi connectivity index (χ2n) is 10.0. The molecule has 1 N–H and O–H groups in total. The molecule has 0 aliphatic carbocycles. The van der Waals surface area contributed by atoms with Crippen LogP contribution in [0.15, 0.2) is 36.4 Å². The summed E-state index contributed by atoms with van der Waals surface area (Å²) in [6.07, 6.45) is 3.62. The van der Waals surface area contributed by atoms with Gasteiger partial charge in [0.2, 0.25) is 0 Å². The number of fused-ring (bicyclic) bond motifs is 1. The first-order valence-corrected chi connectivity index (χ1v) is 12.2. The van der Waals surface area contributed by atoms with E-state index in [0.29, 0.717) is 24.6 Å². The number of nitrogens with zero attached hydrogens (tertiary/aromatic N) is 1. The summed E-state index contributed by atoms with van der Waals surface area (Å²) in [7, 11) is 3.31. The zero-order valence-corrected chi connectivity index (χ0v) is 21.9. The Hall–Kier alpha value is -3.41. The molecule has 4 rings (SSSR count). The van der Waals surface area contributed by atoms with Crippen molar-refractivity contribution in [3.05, 3.63) is 53.1 Å². The van der Waals surface area contributed by atoms with Gasteiger partial charge in [0.1, 0.15) is 5.60 Å². The molecule has 2 aromatic carbocycles. The van der Waals surface area contributed by atoms with Crippen LogP contribution in [0, 0.1) is 6.92 Å². The number of ether oxygens (including phenoxy) is 3. The molecule has 0 spiro atoms. The van der Waals surface area contributed by atoms with Crippen LogP contribution in [0.3, 0.4) is 0 Å². The Morgan fingerprint density at radius 3 is 2.43 bits per heavy atom. The third-order valence-corrected chi connectivity index (χ3v) is 6.48. The third-order valence-electron chi connectivity index (χ3n) is 6.48. The summed E-state index contributed by atoms with van der Waals surface area (Å²) in [6.45, 7) is 11.2. The van der Waals surface area contributed by atoms with Gasteiger partial charge < -0.3 is 24.1 Å². The number of amides is 1. The van der Waals surface area contributed by atoms with Crippen LogP contribution in [0.1, 0.15) is 50.8 Å². The fourth-order valence-electron chi connectivity index (χ4n) is 4.76. The number of hydrogen-bond acceptors (Lipinski definition) is 4. The van der Waals surface area contributed by atoms with E-state index in [4.69, 9.17) is 14.2 Å². The highest BCUT2D eigenvalue weighted by Crippen LogP contribution is 2.38. The van der Waals surface area contributed by atoms with Gasteiger partial charge in [0.25, 0.3) is 0 Å². The summed E-state index contributed by atoms with van der Waals surface area (Å²) in [6, 6.07) is 10.6. The summed E-state index contributed by atoms with van der Waals surface area (Å²) in [5.41, 5.74) is 7.83. The van der Waals surface area contributed by atoms with E-state index in [-0.39, 0.29) is 6.09 Å². The van der Waals surface area contributed by atoms with Crippen molar-refractivity contribution < 1.29 is 19.0 Å². The van der Waals surface area contributed by atoms with Gasteiger partial charge in [0.05, 0.1) is 14.2 Å². The molecule has 3 aromatic rings. The van der Waals surface area contributed by atoms with E-state index >= 15 is 0 Å².